The molecule has 132 valence electrons. The minimum atomic E-state index is -1.13. The molecule has 0 aliphatic carbocycles. The standard InChI is InChI=1S/C18H14N2O6/c1-10-15(18(22)23)13-5-3-4-8-19(13)16(10)17(21)11-6-7-12(20(24)25)14(9-11)26-2/h3-9H,1-2H3,(H,22,23). The number of nitro groups is 1. The van der Waals surface area contributed by atoms with Gasteiger partial charge in [0.25, 0.3) is 0 Å². The number of rotatable bonds is 5. The second kappa shape index (κ2) is 6.32. The number of carbonyl (C=O) groups excluding carboxylic acids is 1. The zero-order valence-corrected chi connectivity index (χ0v) is 13.9. The van der Waals surface area contributed by atoms with Crippen molar-refractivity contribution in [3.8, 4) is 5.75 Å². The summed E-state index contributed by atoms with van der Waals surface area (Å²) < 4.78 is 6.51. The molecule has 1 N–H and O–H groups in total. The molecule has 0 saturated heterocycles. The number of nitrogens with zero attached hydrogens (tertiary/aromatic N) is 2. The molecule has 2 heterocycles. The lowest BCUT2D eigenvalue weighted by Crippen LogP contribution is -2.08. The number of benzene rings is 1. The zero-order valence-electron chi connectivity index (χ0n) is 13.9. The van der Waals surface area contributed by atoms with Crippen LogP contribution >= 0.6 is 0 Å². The predicted molar refractivity (Wildman–Crippen MR) is 92.2 cm³/mol. The van der Waals surface area contributed by atoms with E-state index < -0.39 is 16.7 Å². The SMILES string of the molecule is COc1cc(C(=O)c2c(C)c(C(=O)O)c3ccccn23)ccc1[N+](=O)[O-]. The lowest BCUT2D eigenvalue weighted by Gasteiger charge is -2.06. The highest BCUT2D eigenvalue weighted by Crippen LogP contribution is 2.30. The summed E-state index contributed by atoms with van der Waals surface area (Å²) in [6, 6.07) is 8.78. The molecule has 2 aromatic heterocycles. The van der Waals surface area contributed by atoms with E-state index in [1.807, 2.05) is 0 Å². The summed E-state index contributed by atoms with van der Waals surface area (Å²) in [5.74, 6) is -1.63. The van der Waals surface area contributed by atoms with Gasteiger partial charge in [0, 0.05) is 17.8 Å². The third-order valence-electron chi connectivity index (χ3n) is 4.15. The first-order valence-corrected chi connectivity index (χ1v) is 7.57. The molecule has 0 bridgehead atoms. The molecule has 1 aromatic carbocycles. The Labute approximate surface area is 147 Å². The Balaban J connectivity index is 2.22. The lowest BCUT2D eigenvalue weighted by molar-refractivity contribution is -0.385. The van der Waals surface area contributed by atoms with E-state index in [4.69, 9.17) is 4.74 Å². The van der Waals surface area contributed by atoms with Gasteiger partial charge in [-0.2, -0.15) is 0 Å². The third kappa shape index (κ3) is 2.57. The molecule has 0 aliphatic rings. The van der Waals surface area contributed by atoms with E-state index in [-0.39, 0.29) is 28.3 Å². The average Bonchev–Trinajstić information content (AvgIpc) is 2.92. The van der Waals surface area contributed by atoms with Gasteiger partial charge in [0.15, 0.2) is 5.75 Å². The van der Waals surface area contributed by atoms with Crippen molar-refractivity contribution in [1.29, 1.82) is 0 Å². The van der Waals surface area contributed by atoms with Crippen LogP contribution in [0.3, 0.4) is 0 Å². The van der Waals surface area contributed by atoms with Gasteiger partial charge in [0.1, 0.15) is 0 Å². The maximum Gasteiger partial charge on any atom is 0.338 e. The number of hydrogen-bond acceptors (Lipinski definition) is 5. The fraction of sp³-hybridized carbons (Fsp3) is 0.111. The largest absolute Gasteiger partial charge is 0.490 e. The van der Waals surface area contributed by atoms with Gasteiger partial charge in [-0.3, -0.25) is 14.9 Å². The second-order valence-electron chi connectivity index (χ2n) is 5.58. The average molecular weight is 354 g/mol. The van der Waals surface area contributed by atoms with Gasteiger partial charge in [-0.15, -0.1) is 0 Å². The number of pyridine rings is 1. The van der Waals surface area contributed by atoms with Gasteiger partial charge in [-0.05, 0) is 36.8 Å². The molecule has 26 heavy (non-hydrogen) atoms. The Morgan fingerprint density at radius 3 is 2.58 bits per heavy atom. The van der Waals surface area contributed by atoms with Crippen molar-refractivity contribution in [1.82, 2.24) is 4.40 Å². The first kappa shape index (κ1) is 17.2. The number of carbonyl (C=O) groups is 2. The highest BCUT2D eigenvalue weighted by molar-refractivity contribution is 6.13. The Morgan fingerprint density at radius 1 is 1.23 bits per heavy atom. The number of aromatic carboxylic acids is 1. The summed E-state index contributed by atoms with van der Waals surface area (Å²) in [7, 11) is 1.27. The highest BCUT2D eigenvalue weighted by Gasteiger charge is 2.26. The number of fused-ring (bicyclic) bond motifs is 1. The quantitative estimate of drug-likeness (QED) is 0.428. The summed E-state index contributed by atoms with van der Waals surface area (Å²) in [6.45, 7) is 1.56. The summed E-state index contributed by atoms with van der Waals surface area (Å²) in [5.41, 5.74) is 0.861. The first-order valence-electron chi connectivity index (χ1n) is 7.57. The number of aromatic nitrogens is 1. The third-order valence-corrected chi connectivity index (χ3v) is 4.15. The Bertz CT molecular complexity index is 1070. The molecule has 0 radical (unpaired) electrons. The van der Waals surface area contributed by atoms with E-state index in [0.29, 0.717) is 11.1 Å². The first-order chi connectivity index (χ1) is 12.4. The van der Waals surface area contributed by atoms with E-state index in [1.54, 1.807) is 31.3 Å². The minimum absolute atomic E-state index is 0.0437. The number of nitro benzene ring substituents is 1. The number of hydrogen-bond donors (Lipinski definition) is 1. The van der Waals surface area contributed by atoms with Crippen molar-refractivity contribution >= 4 is 23.0 Å². The van der Waals surface area contributed by atoms with Crippen LogP contribution < -0.4 is 4.74 Å². The van der Waals surface area contributed by atoms with Crippen molar-refractivity contribution in [2.24, 2.45) is 0 Å². The number of carboxylic acid groups (broad SMARTS) is 1. The highest BCUT2D eigenvalue weighted by atomic mass is 16.6. The van der Waals surface area contributed by atoms with Gasteiger partial charge in [0.05, 0.1) is 28.8 Å². The van der Waals surface area contributed by atoms with Crippen LogP contribution in [0.1, 0.15) is 32.0 Å². The maximum absolute atomic E-state index is 13.0. The zero-order chi connectivity index (χ0) is 19.0. The monoisotopic (exact) mass is 354 g/mol. The van der Waals surface area contributed by atoms with Crippen molar-refractivity contribution in [2.45, 2.75) is 6.92 Å². The molecule has 3 aromatic rings. The Hall–Kier alpha value is -3.68. The molecular formula is C18H14N2O6. The van der Waals surface area contributed by atoms with Crippen LogP contribution in [0.15, 0.2) is 42.6 Å². The van der Waals surface area contributed by atoms with Crippen molar-refractivity contribution < 1.29 is 24.4 Å². The van der Waals surface area contributed by atoms with Crippen molar-refractivity contribution in [3.63, 3.8) is 0 Å². The van der Waals surface area contributed by atoms with E-state index in [9.17, 15) is 24.8 Å². The molecule has 0 saturated carbocycles. The van der Waals surface area contributed by atoms with Crippen LogP contribution in [0.4, 0.5) is 5.69 Å². The number of ether oxygens (including phenoxy) is 1. The summed E-state index contributed by atoms with van der Waals surface area (Å²) >= 11 is 0. The lowest BCUT2D eigenvalue weighted by atomic mass is 10.0. The smallest absolute Gasteiger partial charge is 0.338 e. The van der Waals surface area contributed by atoms with Crippen LogP contribution in [-0.4, -0.2) is 33.3 Å². The normalized spacial score (nSPS) is 10.7. The number of carboxylic acids is 1. The number of methoxy groups -OCH3 is 1. The van der Waals surface area contributed by atoms with E-state index >= 15 is 0 Å². The predicted octanol–water partition coefficient (Wildman–Crippen LogP) is 3.09. The second-order valence-corrected chi connectivity index (χ2v) is 5.58. The Kier molecular flexibility index (Phi) is 4.17. The molecule has 8 nitrogen and oxygen atoms in total. The minimum Gasteiger partial charge on any atom is -0.490 e. The fourth-order valence-electron chi connectivity index (χ4n) is 2.99. The van der Waals surface area contributed by atoms with Gasteiger partial charge in [-0.1, -0.05) is 6.07 Å². The fourth-order valence-corrected chi connectivity index (χ4v) is 2.99. The molecule has 0 aliphatic heterocycles. The summed E-state index contributed by atoms with van der Waals surface area (Å²) in [5, 5.41) is 20.5. The molecule has 3 rings (SSSR count). The van der Waals surface area contributed by atoms with Crippen LogP contribution in [0.25, 0.3) is 5.52 Å². The molecule has 0 atom stereocenters. The van der Waals surface area contributed by atoms with E-state index in [1.165, 1.54) is 29.7 Å². The van der Waals surface area contributed by atoms with Crippen LogP contribution in [0.5, 0.6) is 5.75 Å². The maximum atomic E-state index is 13.0. The van der Waals surface area contributed by atoms with Gasteiger partial charge in [-0.25, -0.2) is 4.79 Å². The molecule has 0 fully saturated rings. The molecule has 0 spiro atoms. The topological polar surface area (TPSA) is 111 Å². The summed E-state index contributed by atoms with van der Waals surface area (Å²) in [6.07, 6.45) is 1.60. The Morgan fingerprint density at radius 2 is 1.96 bits per heavy atom. The van der Waals surface area contributed by atoms with Crippen LogP contribution in [-0.2, 0) is 0 Å². The molecule has 0 unspecified atom stereocenters. The van der Waals surface area contributed by atoms with Crippen molar-refractivity contribution in [3.05, 3.63) is 75.1 Å². The summed E-state index contributed by atoms with van der Waals surface area (Å²) in [4.78, 5) is 35.0. The van der Waals surface area contributed by atoms with Gasteiger partial charge >= 0.3 is 11.7 Å². The van der Waals surface area contributed by atoms with E-state index in [2.05, 4.69) is 0 Å². The molecule has 8 heteroatoms. The molecular weight excluding hydrogens is 340 g/mol. The van der Waals surface area contributed by atoms with Crippen LogP contribution in [0, 0.1) is 17.0 Å². The van der Waals surface area contributed by atoms with Gasteiger partial charge < -0.3 is 14.2 Å². The van der Waals surface area contributed by atoms with Gasteiger partial charge in [0.2, 0.25) is 5.78 Å². The van der Waals surface area contributed by atoms with Crippen LogP contribution in [0.2, 0.25) is 0 Å². The van der Waals surface area contributed by atoms with Crippen molar-refractivity contribution in [2.75, 3.05) is 7.11 Å². The molecule has 0 amide bonds. The number of ketones is 1. The van der Waals surface area contributed by atoms with E-state index in [0.717, 1.165) is 0 Å².